The van der Waals surface area contributed by atoms with Crippen LogP contribution in [0.4, 0.5) is 0 Å². The Kier molecular flexibility index (Phi) is 6.42. The fourth-order valence-electron chi connectivity index (χ4n) is 4.77. The van der Waals surface area contributed by atoms with Gasteiger partial charge in [0.25, 0.3) is 0 Å². The molecule has 0 saturated carbocycles. The van der Waals surface area contributed by atoms with Gasteiger partial charge in [0.2, 0.25) is 0 Å². The summed E-state index contributed by atoms with van der Waals surface area (Å²) in [6.45, 7) is 5.39. The molecule has 4 aromatic rings. The minimum atomic E-state index is 0.723. The van der Waals surface area contributed by atoms with Crippen molar-refractivity contribution in [1.29, 1.82) is 0 Å². The van der Waals surface area contributed by atoms with Gasteiger partial charge in [0.1, 0.15) is 12.4 Å². The zero-order chi connectivity index (χ0) is 22.6. The van der Waals surface area contributed by atoms with E-state index in [9.17, 15) is 0 Å². The lowest BCUT2D eigenvalue weighted by atomic mass is 10.1. The van der Waals surface area contributed by atoms with Gasteiger partial charge in [0.05, 0.1) is 0 Å². The van der Waals surface area contributed by atoms with Crippen LogP contribution in [-0.2, 0) is 33.1 Å². The Hall–Kier alpha value is -3.15. The van der Waals surface area contributed by atoms with E-state index in [0.717, 1.165) is 57.2 Å². The first-order valence-corrected chi connectivity index (χ1v) is 11.7. The van der Waals surface area contributed by atoms with Crippen LogP contribution >= 0.6 is 0 Å². The van der Waals surface area contributed by atoms with Crippen molar-refractivity contribution >= 4 is 10.9 Å². The molecule has 3 heterocycles. The zero-order valence-corrected chi connectivity index (χ0v) is 19.6. The molecule has 2 aromatic carbocycles. The molecule has 170 valence electrons. The lowest BCUT2D eigenvalue weighted by Crippen LogP contribution is -2.25. The number of pyridine rings is 1. The Bertz CT molecular complexity index is 1220. The summed E-state index contributed by atoms with van der Waals surface area (Å²) in [5, 5.41) is 1.34. The number of nitrogens with zero attached hydrogens (tertiary/aromatic N) is 4. The highest BCUT2D eigenvalue weighted by atomic mass is 16.5. The number of ether oxygens (including phenoxy) is 1. The summed E-state index contributed by atoms with van der Waals surface area (Å²) < 4.78 is 8.33. The summed E-state index contributed by atoms with van der Waals surface area (Å²) in [7, 11) is 4.31. The van der Waals surface area contributed by atoms with E-state index in [0.29, 0.717) is 0 Å². The summed E-state index contributed by atoms with van der Waals surface area (Å²) in [6, 6.07) is 21.5. The van der Waals surface area contributed by atoms with Crippen LogP contribution in [0.15, 0.2) is 73.1 Å². The third-order valence-corrected chi connectivity index (χ3v) is 6.49. The standard InChI is InChI=1S/C28H32N4O/c1-30(14-12-25-7-5-6-13-29-25)18-22-10-11-28-23(17-22)20-32(15-16-33-28)21-24-19-31(2)27-9-4-3-8-26(24)27/h3-11,13,17,19H,12,14-16,18,20-21H2,1-2H3. The minimum absolute atomic E-state index is 0.723. The first-order chi connectivity index (χ1) is 16.2. The van der Waals surface area contributed by atoms with Gasteiger partial charge >= 0.3 is 0 Å². The van der Waals surface area contributed by atoms with Crippen LogP contribution in [0.3, 0.4) is 0 Å². The van der Waals surface area contributed by atoms with Gasteiger partial charge in [-0.15, -0.1) is 0 Å². The summed E-state index contributed by atoms with van der Waals surface area (Å²) in [5.74, 6) is 1.02. The van der Waals surface area contributed by atoms with E-state index in [1.807, 2.05) is 12.3 Å². The molecular weight excluding hydrogens is 408 g/mol. The summed E-state index contributed by atoms with van der Waals surface area (Å²) in [5.41, 5.74) is 6.41. The van der Waals surface area contributed by atoms with E-state index in [-0.39, 0.29) is 0 Å². The minimum Gasteiger partial charge on any atom is -0.492 e. The molecule has 0 aliphatic carbocycles. The lowest BCUT2D eigenvalue weighted by molar-refractivity contribution is 0.220. The predicted molar refractivity (Wildman–Crippen MR) is 133 cm³/mol. The van der Waals surface area contributed by atoms with Crippen molar-refractivity contribution in [3.05, 3.63) is 95.4 Å². The van der Waals surface area contributed by atoms with Crippen molar-refractivity contribution in [2.24, 2.45) is 7.05 Å². The van der Waals surface area contributed by atoms with Crippen LogP contribution in [0.5, 0.6) is 5.75 Å². The molecule has 0 bridgehead atoms. The molecule has 0 amide bonds. The maximum Gasteiger partial charge on any atom is 0.123 e. The third-order valence-electron chi connectivity index (χ3n) is 6.49. The second-order valence-electron chi connectivity index (χ2n) is 9.09. The second-order valence-corrected chi connectivity index (χ2v) is 9.09. The van der Waals surface area contributed by atoms with Crippen LogP contribution in [0.1, 0.15) is 22.4 Å². The monoisotopic (exact) mass is 440 g/mol. The average Bonchev–Trinajstić information content (AvgIpc) is 3.01. The van der Waals surface area contributed by atoms with E-state index >= 15 is 0 Å². The number of hydrogen-bond donors (Lipinski definition) is 0. The third kappa shape index (κ3) is 5.10. The molecule has 5 rings (SSSR count). The van der Waals surface area contributed by atoms with Gasteiger partial charge in [0, 0.05) is 80.7 Å². The Morgan fingerprint density at radius 1 is 1.06 bits per heavy atom. The Morgan fingerprint density at radius 2 is 1.94 bits per heavy atom. The van der Waals surface area contributed by atoms with Crippen LogP contribution in [0.25, 0.3) is 10.9 Å². The van der Waals surface area contributed by atoms with Crippen LogP contribution < -0.4 is 4.74 Å². The molecule has 0 N–H and O–H groups in total. The predicted octanol–water partition coefficient (Wildman–Crippen LogP) is 4.64. The number of aryl methyl sites for hydroxylation is 1. The molecule has 5 nitrogen and oxygen atoms in total. The van der Waals surface area contributed by atoms with Crippen molar-refractivity contribution < 1.29 is 4.74 Å². The zero-order valence-electron chi connectivity index (χ0n) is 19.6. The Morgan fingerprint density at radius 3 is 2.82 bits per heavy atom. The van der Waals surface area contributed by atoms with Crippen molar-refractivity contribution in [1.82, 2.24) is 19.4 Å². The maximum absolute atomic E-state index is 6.11. The highest BCUT2D eigenvalue weighted by Gasteiger charge is 2.18. The molecule has 0 spiro atoms. The number of aromatic nitrogens is 2. The summed E-state index contributed by atoms with van der Waals surface area (Å²) >= 11 is 0. The molecule has 2 aromatic heterocycles. The average molecular weight is 441 g/mol. The van der Waals surface area contributed by atoms with Gasteiger partial charge in [-0.25, -0.2) is 0 Å². The van der Waals surface area contributed by atoms with E-state index < -0.39 is 0 Å². The van der Waals surface area contributed by atoms with Crippen molar-refractivity contribution in [3.8, 4) is 5.75 Å². The van der Waals surface area contributed by atoms with Crippen molar-refractivity contribution in [2.45, 2.75) is 26.1 Å². The number of rotatable bonds is 7. The molecule has 0 radical (unpaired) electrons. The molecule has 0 unspecified atom stereocenters. The first kappa shape index (κ1) is 21.7. The van der Waals surface area contributed by atoms with Gasteiger partial charge in [-0.3, -0.25) is 9.88 Å². The van der Waals surface area contributed by atoms with E-state index in [2.05, 4.69) is 94.2 Å². The second kappa shape index (κ2) is 9.77. The Labute approximate surface area is 196 Å². The normalized spacial score (nSPS) is 14.3. The largest absolute Gasteiger partial charge is 0.492 e. The number of benzene rings is 2. The summed E-state index contributed by atoms with van der Waals surface area (Å²) in [6.07, 6.45) is 5.10. The molecule has 0 atom stereocenters. The fraction of sp³-hybridized carbons (Fsp3) is 0.321. The van der Waals surface area contributed by atoms with Gasteiger partial charge in [-0.1, -0.05) is 30.3 Å². The Balaban J connectivity index is 1.26. The van der Waals surface area contributed by atoms with Gasteiger partial charge in [0.15, 0.2) is 0 Å². The van der Waals surface area contributed by atoms with E-state index in [1.165, 1.54) is 27.6 Å². The molecule has 1 aliphatic heterocycles. The molecule has 0 fully saturated rings. The smallest absolute Gasteiger partial charge is 0.123 e. The molecule has 5 heteroatoms. The van der Waals surface area contributed by atoms with Crippen LogP contribution in [-0.4, -0.2) is 46.1 Å². The van der Waals surface area contributed by atoms with E-state index in [4.69, 9.17) is 4.74 Å². The number of likely N-dealkylation sites (N-methyl/N-ethyl adjacent to an activating group) is 1. The van der Waals surface area contributed by atoms with Crippen LogP contribution in [0, 0.1) is 0 Å². The number of para-hydroxylation sites is 1. The van der Waals surface area contributed by atoms with Gasteiger partial charge < -0.3 is 14.2 Å². The highest BCUT2D eigenvalue weighted by Crippen LogP contribution is 2.27. The highest BCUT2D eigenvalue weighted by molar-refractivity contribution is 5.83. The van der Waals surface area contributed by atoms with Crippen molar-refractivity contribution in [2.75, 3.05) is 26.7 Å². The first-order valence-electron chi connectivity index (χ1n) is 11.7. The molecule has 0 saturated heterocycles. The molecular formula is C28H32N4O. The van der Waals surface area contributed by atoms with E-state index in [1.54, 1.807) is 0 Å². The SMILES string of the molecule is CN(CCc1ccccn1)Cc1ccc2c(c1)CN(Cc1cn(C)c3ccccc13)CCO2. The summed E-state index contributed by atoms with van der Waals surface area (Å²) in [4.78, 5) is 9.30. The van der Waals surface area contributed by atoms with Gasteiger partial charge in [-0.05, 0) is 48.5 Å². The topological polar surface area (TPSA) is 33.5 Å². The molecule has 1 aliphatic rings. The van der Waals surface area contributed by atoms with Crippen LogP contribution in [0.2, 0.25) is 0 Å². The fourth-order valence-corrected chi connectivity index (χ4v) is 4.77. The quantitative estimate of drug-likeness (QED) is 0.419. The maximum atomic E-state index is 6.11. The number of hydrogen-bond acceptors (Lipinski definition) is 4. The lowest BCUT2D eigenvalue weighted by Gasteiger charge is -2.20. The number of fused-ring (bicyclic) bond motifs is 2. The van der Waals surface area contributed by atoms with Gasteiger partial charge in [-0.2, -0.15) is 0 Å². The van der Waals surface area contributed by atoms with Crippen molar-refractivity contribution in [3.63, 3.8) is 0 Å². The molecule has 33 heavy (non-hydrogen) atoms.